The molecule has 18 heavy (non-hydrogen) atoms. The molecule has 5 nitrogen and oxygen atoms in total. The van der Waals surface area contributed by atoms with Crippen LogP contribution >= 0.6 is 0 Å². The monoisotopic (exact) mass is 243 g/mol. The van der Waals surface area contributed by atoms with Crippen LogP contribution in [0.1, 0.15) is 16.1 Å². The Labute approximate surface area is 104 Å². The van der Waals surface area contributed by atoms with Gasteiger partial charge in [-0.1, -0.05) is 18.2 Å². The van der Waals surface area contributed by atoms with E-state index in [-0.39, 0.29) is 5.69 Å². The van der Waals surface area contributed by atoms with Crippen LogP contribution in [0.15, 0.2) is 42.5 Å². The highest BCUT2D eigenvalue weighted by molar-refractivity contribution is 5.85. The molecule has 0 atom stereocenters. The number of aromatic nitrogens is 1. The molecule has 0 amide bonds. The third-order valence-electron chi connectivity index (χ3n) is 2.40. The van der Waals surface area contributed by atoms with Crippen molar-refractivity contribution in [3.8, 4) is 0 Å². The standard InChI is InChI=1S/C13H13N3O2/c14-8-9-3-1-4-10(7-9)15-12-6-2-5-11(16-12)13(17)18/h1-7H,8,14H2,(H,15,16)(H,17,18). The predicted molar refractivity (Wildman–Crippen MR) is 68.8 cm³/mol. The zero-order valence-corrected chi connectivity index (χ0v) is 9.63. The quantitative estimate of drug-likeness (QED) is 0.764. The number of hydrogen-bond donors (Lipinski definition) is 3. The molecule has 0 bridgehead atoms. The molecular formula is C13H13N3O2. The number of hydrogen-bond acceptors (Lipinski definition) is 4. The minimum Gasteiger partial charge on any atom is -0.477 e. The van der Waals surface area contributed by atoms with E-state index in [4.69, 9.17) is 10.8 Å². The molecule has 0 fully saturated rings. The van der Waals surface area contributed by atoms with Gasteiger partial charge < -0.3 is 16.2 Å². The fraction of sp³-hybridized carbons (Fsp3) is 0.0769. The van der Waals surface area contributed by atoms with Gasteiger partial charge in [0, 0.05) is 12.2 Å². The van der Waals surface area contributed by atoms with E-state index in [1.807, 2.05) is 24.3 Å². The van der Waals surface area contributed by atoms with Crippen LogP contribution in [-0.2, 0) is 6.54 Å². The summed E-state index contributed by atoms with van der Waals surface area (Å²) in [6.45, 7) is 0.456. The van der Waals surface area contributed by atoms with Crippen molar-refractivity contribution in [1.82, 2.24) is 4.98 Å². The van der Waals surface area contributed by atoms with Gasteiger partial charge in [0.25, 0.3) is 0 Å². The number of rotatable bonds is 4. The second kappa shape index (κ2) is 5.29. The molecule has 0 spiro atoms. The number of nitrogens with one attached hydrogen (secondary N) is 1. The lowest BCUT2D eigenvalue weighted by Gasteiger charge is -2.07. The number of nitrogens with two attached hydrogens (primary N) is 1. The zero-order chi connectivity index (χ0) is 13.0. The molecule has 1 heterocycles. The molecule has 1 aromatic heterocycles. The number of nitrogens with zero attached hydrogens (tertiary/aromatic N) is 1. The molecular weight excluding hydrogens is 230 g/mol. The van der Waals surface area contributed by atoms with Gasteiger partial charge in [-0.05, 0) is 29.8 Å². The number of carboxylic acids is 1. The first kappa shape index (κ1) is 12.1. The van der Waals surface area contributed by atoms with Crippen molar-refractivity contribution in [3.63, 3.8) is 0 Å². The van der Waals surface area contributed by atoms with E-state index in [0.717, 1.165) is 11.3 Å². The van der Waals surface area contributed by atoms with E-state index in [9.17, 15) is 4.79 Å². The van der Waals surface area contributed by atoms with Crippen LogP contribution in [0.2, 0.25) is 0 Å². The maximum Gasteiger partial charge on any atom is 0.354 e. The first-order valence-electron chi connectivity index (χ1n) is 5.45. The molecule has 0 aliphatic rings. The Hall–Kier alpha value is -2.40. The minimum absolute atomic E-state index is 0.00924. The van der Waals surface area contributed by atoms with E-state index < -0.39 is 5.97 Å². The second-order valence-corrected chi connectivity index (χ2v) is 3.74. The molecule has 0 saturated carbocycles. The van der Waals surface area contributed by atoms with Crippen LogP contribution < -0.4 is 11.1 Å². The molecule has 4 N–H and O–H groups in total. The van der Waals surface area contributed by atoms with Crippen LogP contribution in [0.3, 0.4) is 0 Å². The van der Waals surface area contributed by atoms with Crippen LogP contribution in [-0.4, -0.2) is 16.1 Å². The Bertz CT molecular complexity index is 570. The summed E-state index contributed by atoms with van der Waals surface area (Å²) in [4.78, 5) is 14.8. The third-order valence-corrected chi connectivity index (χ3v) is 2.40. The Morgan fingerprint density at radius 1 is 1.28 bits per heavy atom. The molecule has 0 radical (unpaired) electrons. The molecule has 0 aliphatic heterocycles. The fourth-order valence-electron chi connectivity index (χ4n) is 1.55. The topological polar surface area (TPSA) is 88.2 Å². The molecule has 1 aromatic carbocycles. The summed E-state index contributed by atoms with van der Waals surface area (Å²) in [5.41, 5.74) is 7.39. The van der Waals surface area contributed by atoms with Crippen molar-refractivity contribution in [3.05, 3.63) is 53.7 Å². The van der Waals surface area contributed by atoms with E-state index in [0.29, 0.717) is 12.4 Å². The van der Waals surface area contributed by atoms with Crippen molar-refractivity contribution >= 4 is 17.5 Å². The maximum absolute atomic E-state index is 10.8. The first-order valence-corrected chi connectivity index (χ1v) is 5.45. The summed E-state index contributed by atoms with van der Waals surface area (Å²) in [6, 6.07) is 12.4. The fourth-order valence-corrected chi connectivity index (χ4v) is 1.55. The average Bonchev–Trinajstić information content (AvgIpc) is 2.39. The predicted octanol–water partition coefficient (Wildman–Crippen LogP) is 1.98. The van der Waals surface area contributed by atoms with Crippen molar-refractivity contribution in [2.75, 3.05) is 5.32 Å². The summed E-state index contributed by atoms with van der Waals surface area (Å²) < 4.78 is 0. The lowest BCUT2D eigenvalue weighted by atomic mass is 10.2. The summed E-state index contributed by atoms with van der Waals surface area (Å²) in [5, 5.41) is 11.9. The lowest BCUT2D eigenvalue weighted by molar-refractivity contribution is 0.0690. The van der Waals surface area contributed by atoms with Gasteiger partial charge in [-0.15, -0.1) is 0 Å². The van der Waals surface area contributed by atoms with E-state index in [1.54, 1.807) is 12.1 Å². The number of carboxylic acid groups (broad SMARTS) is 1. The number of aromatic carboxylic acids is 1. The minimum atomic E-state index is -1.05. The Kier molecular flexibility index (Phi) is 3.54. The van der Waals surface area contributed by atoms with Gasteiger partial charge in [-0.2, -0.15) is 0 Å². The molecule has 92 valence electrons. The van der Waals surface area contributed by atoms with Crippen molar-refractivity contribution in [1.29, 1.82) is 0 Å². The Morgan fingerprint density at radius 2 is 2.06 bits per heavy atom. The summed E-state index contributed by atoms with van der Waals surface area (Å²) >= 11 is 0. The lowest BCUT2D eigenvalue weighted by Crippen LogP contribution is -2.03. The maximum atomic E-state index is 10.8. The van der Waals surface area contributed by atoms with Crippen LogP contribution in [0, 0.1) is 0 Å². The van der Waals surface area contributed by atoms with Gasteiger partial charge in [0.1, 0.15) is 5.82 Å². The van der Waals surface area contributed by atoms with Crippen molar-refractivity contribution in [2.24, 2.45) is 5.73 Å². The Balaban J connectivity index is 2.22. The SMILES string of the molecule is NCc1cccc(Nc2cccc(C(=O)O)n2)c1. The highest BCUT2D eigenvalue weighted by Crippen LogP contribution is 2.16. The largest absolute Gasteiger partial charge is 0.477 e. The van der Waals surface area contributed by atoms with Gasteiger partial charge in [0.2, 0.25) is 0 Å². The molecule has 5 heteroatoms. The Morgan fingerprint density at radius 3 is 2.78 bits per heavy atom. The van der Waals surface area contributed by atoms with Crippen LogP contribution in [0.5, 0.6) is 0 Å². The molecule has 0 saturated heterocycles. The van der Waals surface area contributed by atoms with Crippen molar-refractivity contribution in [2.45, 2.75) is 6.54 Å². The third kappa shape index (κ3) is 2.83. The van der Waals surface area contributed by atoms with Crippen LogP contribution in [0.4, 0.5) is 11.5 Å². The first-order chi connectivity index (χ1) is 8.69. The summed E-state index contributed by atoms with van der Waals surface area (Å²) in [6.07, 6.45) is 0. The van der Waals surface area contributed by atoms with E-state index in [1.165, 1.54) is 6.07 Å². The van der Waals surface area contributed by atoms with Gasteiger partial charge in [-0.3, -0.25) is 0 Å². The highest BCUT2D eigenvalue weighted by atomic mass is 16.4. The summed E-state index contributed by atoms with van der Waals surface area (Å²) in [5.74, 6) is -0.557. The second-order valence-electron chi connectivity index (χ2n) is 3.74. The van der Waals surface area contributed by atoms with Crippen LogP contribution in [0.25, 0.3) is 0 Å². The normalized spacial score (nSPS) is 10.1. The van der Waals surface area contributed by atoms with Gasteiger partial charge in [0.05, 0.1) is 0 Å². The molecule has 0 aliphatic carbocycles. The molecule has 2 aromatic rings. The zero-order valence-electron chi connectivity index (χ0n) is 9.63. The van der Waals surface area contributed by atoms with Gasteiger partial charge in [0.15, 0.2) is 5.69 Å². The van der Waals surface area contributed by atoms with E-state index >= 15 is 0 Å². The number of anilines is 2. The van der Waals surface area contributed by atoms with Gasteiger partial charge >= 0.3 is 5.97 Å². The summed E-state index contributed by atoms with van der Waals surface area (Å²) in [7, 11) is 0. The number of pyridine rings is 1. The molecule has 2 rings (SSSR count). The average molecular weight is 243 g/mol. The van der Waals surface area contributed by atoms with Gasteiger partial charge in [-0.25, -0.2) is 9.78 Å². The van der Waals surface area contributed by atoms with E-state index in [2.05, 4.69) is 10.3 Å². The van der Waals surface area contributed by atoms with Crippen molar-refractivity contribution < 1.29 is 9.90 Å². The number of benzene rings is 1. The number of carbonyl (C=O) groups is 1. The highest BCUT2D eigenvalue weighted by Gasteiger charge is 2.05. The smallest absolute Gasteiger partial charge is 0.354 e. The molecule has 0 unspecified atom stereocenters.